The molecule has 2 nitrogen and oxygen atoms in total. The molecule has 1 atom stereocenters. The van der Waals surface area contributed by atoms with Gasteiger partial charge in [-0.05, 0) is 12.3 Å². The average Bonchev–Trinajstić information content (AvgIpc) is 2.16. The largest absolute Gasteiger partial charge is 0.469 e. The Bertz CT molecular complexity index is 152. The highest BCUT2D eigenvalue weighted by Gasteiger charge is 2.09. The van der Waals surface area contributed by atoms with E-state index in [1.807, 2.05) is 6.08 Å². The lowest BCUT2D eigenvalue weighted by molar-refractivity contribution is -0.141. The van der Waals surface area contributed by atoms with Crippen molar-refractivity contribution in [2.45, 2.75) is 39.0 Å². The van der Waals surface area contributed by atoms with Crippen molar-refractivity contribution in [1.82, 2.24) is 0 Å². The molecule has 0 heterocycles. The molecule has 0 aliphatic heterocycles. The Labute approximate surface area is 81.0 Å². The Morgan fingerprint density at radius 3 is 2.69 bits per heavy atom. The van der Waals surface area contributed by atoms with Crippen LogP contribution in [0.1, 0.15) is 39.0 Å². The lowest BCUT2D eigenvalue weighted by Gasteiger charge is -2.09. The molecule has 76 valence electrons. The fraction of sp³-hybridized carbons (Fsp3) is 0.727. The number of ether oxygens (including phenoxy) is 1. The Morgan fingerprint density at radius 2 is 2.23 bits per heavy atom. The van der Waals surface area contributed by atoms with Gasteiger partial charge < -0.3 is 4.74 Å². The SMILES string of the molecule is C=CC(CCCCC)CC(=O)OC. The number of hydrogen-bond donors (Lipinski definition) is 0. The topological polar surface area (TPSA) is 26.3 Å². The molecule has 0 aromatic heterocycles. The van der Waals surface area contributed by atoms with Crippen molar-refractivity contribution in [2.24, 2.45) is 5.92 Å². The molecule has 13 heavy (non-hydrogen) atoms. The second kappa shape index (κ2) is 7.84. The maximum Gasteiger partial charge on any atom is 0.306 e. The second-order valence-electron chi connectivity index (χ2n) is 3.27. The summed E-state index contributed by atoms with van der Waals surface area (Å²) in [6.45, 7) is 5.89. The van der Waals surface area contributed by atoms with E-state index in [1.165, 1.54) is 26.4 Å². The standard InChI is InChI=1S/C11H20O2/c1-4-6-7-8-10(5-2)9-11(12)13-3/h5,10H,2,4,6-9H2,1,3H3. The van der Waals surface area contributed by atoms with Crippen molar-refractivity contribution in [3.05, 3.63) is 12.7 Å². The number of esters is 1. The Morgan fingerprint density at radius 1 is 1.54 bits per heavy atom. The van der Waals surface area contributed by atoms with Crippen LogP contribution in [-0.2, 0) is 9.53 Å². The molecule has 0 saturated heterocycles. The summed E-state index contributed by atoms with van der Waals surface area (Å²) in [4.78, 5) is 10.9. The van der Waals surface area contributed by atoms with E-state index in [2.05, 4.69) is 18.2 Å². The maximum absolute atomic E-state index is 10.9. The second-order valence-corrected chi connectivity index (χ2v) is 3.27. The molecule has 0 aliphatic carbocycles. The lowest BCUT2D eigenvalue weighted by atomic mass is 9.98. The van der Waals surface area contributed by atoms with Crippen molar-refractivity contribution in [1.29, 1.82) is 0 Å². The predicted octanol–water partition coefficient (Wildman–Crippen LogP) is 2.93. The quantitative estimate of drug-likeness (QED) is 0.345. The molecule has 0 aromatic rings. The zero-order chi connectivity index (χ0) is 10.1. The zero-order valence-electron chi connectivity index (χ0n) is 8.71. The van der Waals surface area contributed by atoms with Gasteiger partial charge in [0.1, 0.15) is 0 Å². The minimum Gasteiger partial charge on any atom is -0.469 e. The molecular weight excluding hydrogens is 164 g/mol. The summed E-state index contributed by atoms with van der Waals surface area (Å²) in [6.07, 6.45) is 6.99. The third-order valence-corrected chi connectivity index (χ3v) is 2.17. The average molecular weight is 184 g/mol. The Balaban J connectivity index is 3.62. The van der Waals surface area contributed by atoms with Crippen LogP contribution in [0.15, 0.2) is 12.7 Å². The smallest absolute Gasteiger partial charge is 0.306 e. The van der Waals surface area contributed by atoms with Crippen LogP contribution >= 0.6 is 0 Å². The van der Waals surface area contributed by atoms with E-state index in [9.17, 15) is 4.79 Å². The fourth-order valence-electron chi connectivity index (χ4n) is 1.26. The molecule has 0 spiro atoms. The highest BCUT2D eigenvalue weighted by molar-refractivity contribution is 5.69. The highest BCUT2D eigenvalue weighted by Crippen LogP contribution is 2.15. The first-order chi connectivity index (χ1) is 6.24. The predicted molar refractivity (Wildman–Crippen MR) is 54.5 cm³/mol. The summed E-state index contributed by atoms with van der Waals surface area (Å²) in [6, 6.07) is 0. The summed E-state index contributed by atoms with van der Waals surface area (Å²) >= 11 is 0. The van der Waals surface area contributed by atoms with Crippen molar-refractivity contribution in [3.63, 3.8) is 0 Å². The summed E-state index contributed by atoms with van der Waals surface area (Å²) in [5, 5.41) is 0. The van der Waals surface area contributed by atoms with Gasteiger partial charge in [-0.25, -0.2) is 0 Å². The van der Waals surface area contributed by atoms with Crippen LogP contribution < -0.4 is 0 Å². The minimum atomic E-state index is -0.138. The van der Waals surface area contributed by atoms with E-state index >= 15 is 0 Å². The number of unbranched alkanes of at least 4 members (excludes halogenated alkanes) is 2. The third kappa shape index (κ3) is 6.38. The van der Waals surface area contributed by atoms with E-state index in [-0.39, 0.29) is 5.97 Å². The molecule has 0 bridgehead atoms. The van der Waals surface area contributed by atoms with E-state index in [0.717, 1.165) is 6.42 Å². The molecule has 0 fully saturated rings. The van der Waals surface area contributed by atoms with Gasteiger partial charge in [0.2, 0.25) is 0 Å². The van der Waals surface area contributed by atoms with Gasteiger partial charge in [0.15, 0.2) is 0 Å². The van der Waals surface area contributed by atoms with Gasteiger partial charge >= 0.3 is 5.97 Å². The molecule has 0 amide bonds. The van der Waals surface area contributed by atoms with E-state index in [4.69, 9.17) is 0 Å². The Hall–Kier alpha value is -0.790. The highest BCUT2D eigenvalue weighted by atomic mass is 16.5. The van der Waals surface area contributed by atoms with Crippen LogP contribution in [0.25, 0.3) is 0 Å². The number of rotatable bonds is 7. The molecule has 0 radical (unpaired) electrons. The number of carbonyl (C=O) groups is 1. The molecule has 1 unspecified atom stereocenters. The number of hydrogen-bond acceptors (Lipinski definition) is 2. The summed E-state index contributed by atoms with van der Waals surface area (Å²) < 4.78 is 4.60. The van der Waals surface area contributed by atoms with Crippen LogP contribution in [-0.4, -0.2) is 13.1 Å². The maximum atomic E-state index is 10.9. The number of allylic oxidation sites excluding steroid dienone is 1. The number of carbonyl (C=O) groups excluding carboxylic acids is 1. The summed E-state index contributed by atoms with van der Waals surface area (Å²) in [5.74, 6) is 0.153. The number of methoxy groups -OCH3 is 1. The normalized spacial score (nSPS) is 12.2. The first-order valence-electron chi connectivity index (χ1n) is 4.94. The van der Waals surface area contributed by atoms with Crippen molar-refractivity contribution < 1.29 is 9.53 Å². The summed E-state index contributed by atoms with van der Waals surface area (Å²) in [5.41, 5.74) is 0. The van der Waals surface area contributed by atoms with Gasteiger partial charge in [-0.15, -0.1) is 6.58 Å². The molecule has 0 aliphatic rings. The third-order valence-electron chi connectivity index (χ3n) is 2.17. The molecule has 2 heteroatoms. The van der Waals surface area contributed by atoms with Gasteiger partial charge in [-0.3, -0.25) is 4.79 Å². The van der Waals surface area contributed by atoms with Crippen molar-refractivity contribution in [2.75, 3.05) is 7.11 Å². The van der Waals surface area contributed by atoms with Gasteiger partial charge in [0, 0.05) is 0 Å². The monoisotopic (exact) mass is 184 g/mol. The van der Waals surface area contributed by atoms with E-state index in [0.29, 0.717) is 12.3 Å². The van der Waals surface area contributed by atoms with Crippen LogP contribution in [0.3, 0.4) is 0 Å². The molecular formula is C11H20O2. The van der Waals surface area contributed by atoms with Crippen molar-refractivity contribution >= 4 is 5.97 Å². The zero-order valence-corrected chi connectivity index (χ0v) is 8.71. The lowest BCUT2D eigenvalue weighted by Crippen LogP contribution is -2.07. The summed E-state index contributed by atoms with van der Waals surface area (Å²) in [7, 11) is 1.43. The van der Waals surface area contributed by atoms with Gasteiger partial charge in [0.25, 0.3) is 0 Å². The molecule has 0 rings (SSSR count). The van der Waals surface area contributed by atoms with Gasteiger partial charge in [-0.2, -0.15) is 0 Å². The van der Waals surface area contributed by atoms with Gasteiger partial charge in [-0.1, -0.05) is 32.3 Å². The Kier molecular flexibility index (Phi) is 7.36. The van der Waals surface area contributed by atoms with Crippen LogP contribution in [0, 0.1) is 5.92 Å². The first-order valence-corrected chi connectivity index (χ1v) is 4.94. The van der Waals surface area contributed by atoms with E-state index in [1.54, 1.807) is 0 Å². The molecule has 0 N–H and O–H groups in total. The first kappa shape index (κ1) is 12.2. The van der Waals surface area contributed by atoms with Crippen LogP contribution in [0.5, 0.6) is 0 Å². The fourth-order valence-corrected chi connectivity index (χ4v) is 1.26. The van der Waals surface area contributed by atoms with Gasteiger partial charge in [0.05, 0.1) is 13.5 Å². The van der Waals surface area contributed by atoms with Crippen LogP contribution in [0.4, 0.5) is 0 Å². The minimum absolute atomic E-state index is 0.138. The van der Waals surface area contributed by atoms with E-state index < -0.39 is 0 Å². The van der Waals surface area contributed by atoms with Crippen LogP contribution in [0.2, 0.25) is 0 Å². The van der Waals surface area contributed by atoms with Crippen molar-refractivity contribution in [3.8, 4) is 0 Å². The molecule has 0 saturated carbocycles. The molecule has 0 aromatic carbocycles.